The Bertz CT molecular complexity index is 764. The second kappa shape index (κ2) is 14.2. The Morgan fingerprint density at radius 2 is 1.52 bits per heavy atom. The number of carbonyl (C=O) groups excluding carboxylic acids is 2. The summed E-state index contributed by atoms with van der Waals surface area (Å²) in [7, 11) is -2.36. The molecule has 31 heavy (non-hydrogen) atoms. The Kier molecular flexibility index (Phi) is 12.5. The van der Waals surface area contributed by atoms with Gasteiger partial charge in [0.1, 0.15) is 0 Å². The highest BCUT2D eigenvalue weighted by atomic mass is 32.2. The Hall–Kier alpha value is -1.89. The van der Waals surface area contributed by atoms with Crippen LogP contribution >= 0.6 is 0 Å². The van der Waals surface area contributed by atoms with Crippen molar-refractivity contribution in [2.75, 3.05) is 26.0 Å². The largest absolute Gasteiger partial charge is 0.469 e. The summed E-state index contributed by atoms with van der Waals surface area (Å²) in [5.74, 6) is -1.68. The third-order valence-electron chi connectivity index (χ3n) is 5.45. The summed E-state index contributed by atoms with van der Waals surface area (Å²) in [5, 5.41) is 0. The van der Waals surface area contributed by atoms with Gasteiger partial charge in [-0.15, -0.1) is 0 Å². The molecular formula is C24H39NO5S. The number of sulfone groups is 1. The van der Waals surface area contributed by atoms with E-state index in [-0.39, 0.29) is 29.4 Å². The molecule has 0 aliphatic heterocycles. The molecule has 6 nitrogen and oxygen atoms in total. The molecule has 1 amide bonds. The average molecular weight is 454 g/mol. The van der Waals surface area contributed by atoms with Gasteiger partial charge in [0, 0.05) is 19.5 Å². The molecule has 7 heteroatoms. The third-order valence-corrected chi connectivity index (χ3v) is 7.28. The van der Waals surface area contributed by atoms with Crippen molar-refractivity contribution >= 4 is 21.7 Å². The number of hydrogen-bond acceptors (Lipinski definition) is 5. The van der Waals surface area contributed by atoms with Gasteiger partial charge in [0.15, 0.2) is 9.84 Å². The van der Waals surface area contributed by atoms with E-state index < -0.39 is 21.7 Å². The number of ether oxygens (including phenoxy) is 1. The van der Waals surface area contributed by atoms with Crippen molar-refractivity contribution in [3.63, 3.8) is 0 Å². The van der Waals surface area contributed by atoms with E-state index in [0.29, 0.717) is 13.1 Å². The quantitative estimate of drug-likeness (QED) is 0.287. The lowest BCUT2D eigenvalue weighted by atomic mass is 10.0. The van der Waals surface area contributed by atoms with Crippen LogP contribution in [0.5, 0.6) is 0 Å². The first-order valence-corrected chi connectivity index (χ1v) is 13.0. The summed E-state index contributed by atoms with van der Waals surface area (Å²) in [6, 6.07) is 6.65. The van der Waals surface area contributed by atoms with Gasteiger partial charge >= 0.3 is 5.97 Å². The van der Waals surface area contributed by atoms with Gasteiger partial charge in [0.05, 0.1) is 23.7 Å². The van der Waals surface area contributed by atoms with Crippen LogP contribution in [0.4, 0.5) is 0 Å². The number of amides is 1. The molecule has 0 N–H and O–H groups in total. The molecule has 0 saturated heterocycles. The monoisotopic (exact) mass is 453 g/mol. The van der Waals surface area contributed by atoms with Gasteiger partial charge in [-0.1, -0.05) is 57.2 Å². The fraction of sp³-hybridized carbons (Fsp3) is 0.667. The molecule has 0 aliphatic rings. The minimum Gasteiger partial charge on any atom is -0.469 e. The Morgan fingerprint density at radius 1 is 0.968 bits per heavy atom. The topological polar surface area (TPSA) is 80.8 Å². The zero-order chi connectivity index (χ0) is 23.3. The second-order valence-corrected chi connectivity index (χ2v) is 10.2. The summed E-state index contributed by atoms with van der Waals surface area (Å²) in [6.45, 7) is 7.35. The molecule has 0 spiro atoms. The van der Waals surface area contributed by atoms with E-state index in [4.69, 9.17) is 4.74 Å². The van der Waals surface area contributed by atoms with Crippen molar-refractivity contribution in [2.24, 2.45) is 5.92 Å². The van der Waals surface area contributed by atoms with Gasteiger partial charge < -0.3 is 9.64 Å². The SMILES string of the molecule is CCCCCN(CCCCC)C(=O)C(CCC(=O)OC)CS(=O)(=O)c1ccc(C)cc1. The van der Waals surface area contributed by atoms with Crippen LogP contribution in [0.2, 0.25) is 0 Å². The van der Waals surface area contributed by atoms with Crippen LogP contribution in [0.3, 0.4) is 0 Å². The van der Waals surface area contributed by atoms with Crippen LogP contribution in [0.15, 0.2) is 29.2 Å². The normalized spacial score (nSPS) is 12.4. The summed E-state index contributed by atoms with van der Waals surface area (Å²) >= 11 is 0. The number of unbranched alkanes of at least 4 members (excludes halogenated alkanes) is 4. The van der Waals surface area contributed by atoms with Crippen LogP contribution in [-0.2, 0) is 24.2 Å². The van der Waals surface area contributed by atoms with E-state index in [1.54, 1.807) is 29.2 Å². The highest BCUT2D eigenvalue weighted by molar-refractivity contribution is 7.91. The number of carbonyl (C=O) groups is 2. The molecule has 0 fully saturated rings. The predicted molar refractivity (Wildman–Crippen MR) is 124 cm³/mol. The maximum Gasteiger partial charge on any atom is 0.305 e. The standard InChI is InChI=1S/C24H39NO5S/c1-5-7-9-17-25(18-10-8-6-2)24(27)21(13-16-23(26)30-4)19-31(28,29)22-14-11-20(3)12-15-22/h11-12,14-15,21H,5-10,13,16-19H2,1-4H3. The first-order valence-electron chi connectivity index (χ1n) is 11.4. The molecule has 0 aliphatic carbocycles. The van der Waals surface area contributed by atoms with E-state index >= 15 is 0 Å². The summed E-state index contributed by atoms with van der Waals surface area (Å²) in [6.07, 6.45) is 6.10. The Morgan fingerprint density at radius 3 is 2.00 bits per heavy atom. The molecule has 0 saturated carbocycles. The van der Waals surface area contributed by atoms with Crippen LogP contribution in [-0.4, -0.2) is 51.1 Å². The number of nitrogens with zero attached hydrogens (tertiary/aromatic N) is 1. The van der Waals surface area contributed by atoms with Gasteiger partial charge in [-0.3, -0.25) is 9.59 Å². The minimum absolute atomic E-state index is 0.0219. The van der Waals surface area contributed by atoms with Crippen LogP contribution in [0, 0.1) is 12.8 Å². The number of benzene rings is 1. The molecule has 1 atom stereocenters. The molecule has 0 bridgehead atoms. The number of rotatable bonds is 15. The van der Waals surface area contributed by atoms with Gasteiger partial charge in [0.2, 0.25) is 5.91 Å². The Labute approximate surface area is 188 Å². The van der Waals surface area contributed by atoms with Crippen molar-refractivity contribution < 1.29 is 22.7 Å². The first kappa shape index (κ1) is 27.1. The molecule has 1 rings (SSSR count). The van der Waals surface area contributed by atoms with Crippen LogP contribution < -0.4 is 0 Å². The summed E-state index contributed by atoms with van der Waals surface area (Å²) < 4.78 is 30.8. The fourth-order valence-corrected chi connectivity index (χ4v) is 5.06. The van der Waals surface area contributed by atoms with Crippen molar-refractivity contribution in [2.45, 2.75) is 77.0 Å². The number of hydrogen-bond donors (Lipinski definition) is 0. The highest BCUT2D eigenvalue weighted by Crippen LogP contribution is 2.21. The fourth-order valence-electron chi connectivity index (χ4n) is 3.47. The average Bonchev–Trinajstić information content (AvgIpc) is 2.75. The van der Waals surface area contributed by atoms with Crippen molar-refractivity contribution in [1.29, 1.82) is 0 Å². The van der Waals surface area contributed by atoms with Gasteiger partial charge in [-0.25, -0.2) is 8.42 Å². The zero-order valence-electron chi connectivity index (χ0n) is 19.6. The zero-order valence-corrected chi connectivity index (χ0v) is 20.4. The van der Waals surface area contributed by atoms with E-state index in [0.717, 1.165) is 44.1 Å². The lowest BCUT2D eigenvalue weighted by Gasteiger charge is -2.27. The van der Waals surface area contributed by atoms with Gasteiger partial charge in [-0.2, -0.15) is 0 Å². The summed E-state index contributed by atoms with van der Waals surface area (Å²) in [4.78, 5) is 27.1. The van der Waals surface area contributed by atoms with Gasteiger partial charge in [0.25, 0.3) is 0 Å². The summed E-state index contributed by atoms with van der Waals surface area (Å²) in [5.41, 5.74) is 0.968. The van der Waals surface area contributed by atoms with Crippen molar-refractivity contribution in [3.05, 3.63) is 29.8 Å². The molecule has 176 valence electrons. The lowest BCUT2D eigenvalue weighted by Crippen LogP contribution is -2.40. The third kappa shape index (κ3) is 9.85. The maximum absolute atomic E-state index is 13.4. The van der Waals surface area contributed by atoms with E-state index in [2.05, 4.69) is 13.8 Å². The minimum atomic E-state index is -3.66. The second-order valence-electron chi connectivity index (χ2n) is 8.15. The molecule has 0 radical (unpaired) electrons. The molecule has 0 heterocycles. The molecule has 0 aromatic heterocycles. The van der Waals surface area contributed by atoms with E-state index in [1.165, 1.54) is 7.11 Å². The van der Waals surface area contributed by atoms with Crippen molar-refractivity contribution in [1.82, 2.24) is 4.90 Å². The molecule has 1 aromatic rings. The molecule has 1 unspecified atom stereocenters. The highest BCUT2D eigenvalue weighted by Gasteiger charge is 2.30. The van der Waals surface area contributed by atoms with Crippen LogP contribution in [0.1, 0.15) is 70.8 Å². The van der Waals surface area contributed by atoms with Crippen LogP contribution in [0.25, 0.3) is 0 Å². The smallest absolute Gasteiger partial charge is 0.305 e. The molecule has 1 aromatic carbocycles. The molecular weight excluding hydrogens is 414 g/mol. The Balaban J connectivity index is 3.06. The van der Waals surface area contributed by atoms with E-state index in [9.17, 15) is 18.0 Å². The predicted octanol–water partition coefficient (Wildman–Crippen LogP) is 4.55. The maximum atomic E-state index is 13.4. The van der Waals surface area contributed by atoms with E-state index in [1.807, 2.05) is 6.92 Å². The number of esters is 1. The number of aryl methyl sites for hydroxylation is 1. The van der Waals surface area contributed by atoms with Crippen molar-refractivity contribution in [3.8, 4) is 0 Å². The first-order chi connectivity index (χ1) is 14.7. The van der Waals surface area contributed by atoms with Gasteiger partial charge in [-0.05, 0) is 38.3 Å². The number of methoxy groups -OCH3 is 1. The lowest BCUT2D eigenvalue weighted by molar-refractivity contribution is -0.141.